The van der Waals surface area contributed by atoms with Gasteiger partial charge in [0.15, 0.2) is 20.9 Å². The second-order valence-corrected chi connectivity index (χ2v) is 8.62. The fraction of sp³-hybridized carbons (Fsp3) is 0.333. The van der Waals surface area contributed by atoms with E-state index in [-0.39, 0.29) is 22.1 Å². The van der Waals surface area contributed by atoms with E-state index in [9.17, 15) is 21.0 Å². The first-order valence-corrected chi connectivity index (χ1v) is 9.65. The number of sulfone groups is 1. The van der Waals surface area contributed by atoms with Gasteiger partial charge in [-0.2, -0.15) is 0 Å². The fourth-order valence-corrected chi connectivity index (χ4v) is 3.37. The van der Waals surface area contributed by atoms with Crippen molar-refractivity contribution in [1.82, 2.24) is 4.72 Å². The van der Waals surface area contributed by atoms with Gasteiger partial charge < -0.3 is 4.55 Å². The Morgan fingerprint density at radius 1 is 1.16 bits per heavy atom. The quantitative estimate of drug-likeness (QED) is 0.686. The van der Waals surface area contributed by atoms with Gasteiger partial charge in [0.2, 0.25) is 10.0 Å². The maximum Gasteiger partial charge on any atom is 0.208 e. The molecule has 0 aliphatic carbocycles. The smallest absolute Gasteiger partial charge is 0.208 e. The molecule has 19 heavy (non-hydrogen) atoms. The summed E-state index contributed by atoms with van der Waals surface area (Å²) < 4.78 is 66.9. The summed E-state index contributed by atoms with van der Waals surface area (Å²) in [5, 5.41) is 0. The van der Waals surface area contributed by atoms with Gasteiger partial charge in [-0.3, -0.25) is 0 Å². The van der Waals surface area contributed by atoms with Crippen LogP contribution in [0.3, 0.4) is 0 Å². The zero-order valence-corrected chi connectivity index (χ0v) is 12.4. The molecule has 0 fully saturated rings. The summed E-state index contributed by atoms with van der Waals surface area (Å²) in [5.41, 5.74) is 0. The molecular weight excluding hydrogens is 314 g/mol. The molecule has 1 unspecified atom stereocenters. The van der Waals surface area contributed by atoms with Crippen LogP contribution < -0.4 is 4.72 Å². The SMILES string of the molecule is CS(=O)(=O)NCCS(=O)(=O)c1ccc(S(=O)O)cc1. The predicted octanol–water partition coefficient (Wildman–Crippen LogP) is -0.410. The van der Waals surface area contributed by atoms with Gasteiger partial charge in [0.25, 0.3) is 0 Å². The van der Waals surface area contributed by atoms with Crippen molar-refractivity contribution in [2.24, 2.45) is 0 Å². The minimum atomic E-state index is -3.63. The molecular formula is C9H13NO6S3. The van der Waals surface area contributed by atoms with E-state index in [4.69, 9.17) is 4.55 Å². The maximum atomic E-state index is 11.8. The van der Waals surface area contributed by atoms with Gasteiger partial charge >= 0.3 is 0 Å². The molecule has 0 aliphatic heterocycles. The van der Waals surface area contributed by atoms with Crippen LogP contribution in [0.4, 0.5) is 0 Å². The molecule has 2 N–H and O–H groups in total. The van der Waals surface area contributed by atoms with Crippen molar-refractivity contribution >= 4 is 30.9 Å². The summed E-state index contributed by atoms with van der Waals surface area (Å²) in [6.07, 6.45) is 0.935. The molecule has 0 radical (unpaired) electrons. The predicted molar refractivity (Wildman–Crippen MR) is 70.4 cm³/mol. The van der Waals surface area contributed by atoms with Gasteiger partial charge in [-0.05, 0) is 24.3 Å². The molecule has 1 atom stereocenters. The molecule has 0 aliphatic rings. The van der Waals surface area contributed by atoms with Crippen molar-refractivity contribution in [3.63, 3.8) is 0 Å². The molecule has 0 heterocycles. The number of hydrogen-bond donors (Lipinski definition) is 2. The standard InChI is InChI=1S/C9H13NO6S3/c1-18(13,14)10-6-7-19(15,16)9-4-2-8(3-5-9)17(11)12/h2-5,10H,6-7H2,1H3,(H,11,12). The topological polar surface area (TPSA) is 118 Å². The first-order chi connectivity index (χ1) is 8.62. The second kappa shape index (κ2) is 6.09. The summed E-state index contributed by atoms with van der Waals surface area (Å²) in [6, 6.07) is 4.87. The van der Waals surface area contributed by atoms with Crippen molar-refractivity contribution in [1.29, 1.82) is 0 Å². The number of sulfonamides is 1. The van der Waals surface area contributed by atoms with Gasteiger partial charge in [0.1, 0.15) is 0 Å². The second-order valence-electron chi connectivity index (χ2n) is 3.71. The third kappa shape index (κ3) is 5.37. The summed E-state index contributed by atoms with van der Waals surface area (Å²) in [5.74, 6) is -0.387. The van der Waals surface area contributed by atoms with Crippen LogP contribution in [-0.2, 0) is 30.9 Å². The van der Waals surface area contributed by atoms with Gasteiger partial charge in [0.05, 0.1) is 21.8 Å². The first-order valence-electron chi connectivity index (χ1n) is 5.00. The third-order valence-electron chi connectivity index (χ3n) is 2.12. The largest absolute Gasteiger partial charge is 0.302 e. The molecule has 108 valence electrons. The van der Waals surface area contributed by atoms with Crippen LogP contribution in [-0.4, -0.2) is 44.2 Å². The Bertz CT molecular complexity index is 662. The van der Waals surface area contributed by atoms with Gasteiger partial charge in [-0.1, -0.05) is 0 Å². The monoisotopic (exact) mass is 327 g/mol. The molecule has 7 nitrogen and oxygen atoms in total. The molecule has 1 aromatic carbocycles. The van der Waals surface area contributed by atoms with E-state index in [1.807, 2.05) is 0 Å². The van der Waals surface area contributed by atoms with Crippen LogP contribution in [0.2, 0.25) is 0 Å². The van der Waals surface area contributed by atoms with E-state index in [1.165, 1.54) is 24.3 Å². The lowest BCUT2D eigenvalue weighted by atomic mass is 10.4. The number of rotatable bonds is 6. The summed E-state index contributed by atoms with van der Waals surface area (Å²) in [6.45, 7) is -0.227. The van der Waals surface area contributed by atoms with Crippen LogP contribution in [0.5, 0.6) is 0 Å². The van der Waals surface area contributed by atoms with E-state index in [2.05, 4.69) is 4.72 Å². The summed E-state index contributed by atoms with van der Waals surface area (Å²) in [7, 11) is -7.07. The Kier molecular flexibility index (Phi) is 5.21. The van der Waals surface area contributed by atoms with Crippen molar-refractivity contribution in [3.05, 3.63) is 24.3 Å². The van der Waals surface area contributed by atoms with E-state index in [0.29, 0.717) is 0 Å². The lowest BCUT2D eigenvalue weighted by Gasteiger charge is -2.05. The molecule has 0 aromatic heterocycles. The minimum absolute atomic E-state index is 0.0306. The number of benzene rings is 1. The Morgan fingerprint density at radius 3 is 2.11 bits per heavy atom. The fourth-order valence-electron chi connectivity index (χ4n) is 1.24. The zero-order chi connectivity index (χ0) is 14.7. The molecule has 1 aromatic rings. The first kappa shape index (κ1) is 16.2. The van der Waals surface area contributed by atoms with E-state index in [0.717, 1.165) is 6.26 Å². The van der Waals surface area contributed by atoms with Gasteiger partial charge in [-0.25, -0.2) is 25.8 Å². The van der Waals surface area contributed by atoms with Crippen molar-refractivity contribution in [3.8, 4) is 0 Å². The Morgan fingerprint density at radius 2 is 1.68 bits per heavy atom. The lowest BCUT2D eigenvalue weighted by Crippen LogP contribution is -2.28. The van der Waals surface area contributed by atoms with Crippen LogP contribution in [0.15, 0.2) is 34.1 Å². The van der Waals surface area contributed by atoms with Crippen LogP contribution in [0, 0.1) is 0 Å². The van der Waals surface area contributed by atoms with Crippen LogP contribution in [0.25, 0.3) is 0 Å². The van der Waals surface area contributed by atoms with Crippen LogP contribution >= 0.6 is 0 Å². The lowest BCUT2D eigenvalue weighted by molar-refractivity contribution is 0.563. The molecule has 1 rings (SSSR count). The molecule has 10 heteroatoms. The molecule has 0 spiro atoms. The Balaban J connectivity index is 2.80. The molecule has 0 amide bonds. The van der Waals surface area contributed by atoms with Crippen molar-refractivity contribution in [2.45, 2.75) is 9.79 Å². The van der Waals surface area contributed by atoms with Crippen LogP contribution in [0.1, 0.15) is 0 Å². The molecule has 0 saturated heterocycles. The van der Waals surface area contributed by atoms with E-state index >= 15 is 0 Å². The summed E-state index contributed by atoms with van der Waals surface area (Å²) in [4.78, 5) is 0.0604. The highest BCUT2D eigenvalue weighted by Crippen LogP contribution is 2.13. The Labute approximate surface area is 114 Å². The summed E-state index contributed by atoms with van der Waals surface area (Å²) >= 11 is -2.17. The third-order valence-corrected chi connectivity index (χ3v) is 5.26. The highest BCUT2D eigenvalue weighted by Gasteiger charge is 2.15. The maximum absolute atomic E-state index is 11.8. The van der Waals surface area contributed by atoms with E-state index < -0.39 is 30.9 Å². The highest BCUT2D eigenvalue weighted by atomic mass is 32.2. The average Bonchev–Trinajstić information content (AvgIpc) is 2.27. The van der Waals surface area contributed by atoms with Crippen molar-refractivity contribution in [2.75, 3.05) is 18.6 Å². The molecule has 0 bridgehead atoms. The van der Waals surface area contributed by atoms with E-state index in [1.54, 1.807) is 0 Å². The van der Waals surface area contributed by atoms with Crippen molar-refractivity contribution < 1.29 is 25.6 Å². The number of hydrogen-bond acceptors (Lipinski definition) is 5. The van der Waals surface area contributed by atoms with Gasteiger partial charge in [0, 0.05) is 6.54 Å². The highest BCUT2D eigenvalue weighted by molar-refractivity contribution is 7.91. The zero-order valence-electron chi connectivity index (χ0n) is 9.94. The normalized spacial score (nSPS) is 14.2. The minimum Gasteiger partial charge on any atom is -0.302 e. The van der Waals surface area contributed by atoms with Gasteiger partial charge in [-0.15, -0.1) is 0 Å². The number of nitrogens with one attached hydrogen (secondary N) is 1. The average molecular weight is 327 g/mol. The Hall–Kier alpha value is -0.810. The molecule has 0 saturated carbocycles.